The lowest BCUT2D eigenvalue weighted by Gasteiger charge is -2.11. The Balaban J connectivity index is 2.67. The molecule has 1 aromatic carbocycles. The largest absolute Gasteiger partial charge is 0.389 e. The van der Waals surface area contributed by atoms with Crippen LogP contribution in [0.4, 0.5) is 0 Å². The van der Waals surface area contributed by atoms with Crippen molar-refractivity contribution in [1.82, 2.24) is 9.55 Å². The summed E-state index contributed by atoms with van der Waals surface area (Å²) in [6.45, 7) is 4.00. The van der Waals surface area contributed by atoms with Crippen LogP contribution in [0.2, 0.25) is 0 Å². The van der Waals surface area contributed by atoms with Crippen molar-refractivity contribution in [3.05, 3.63) is 46.0 Å². The summed E-state index contributed by atoms with van der Waals surface area (Å²) in [5.41, 5.74) is 9.64. The highest BCUT2D eigenvalue weighted by atomic mass is 79.9. The maximum Gasteiger partial charge on any atom is 0.106 e. The third-order valence-corrected chi connectivity index (χ3v) is 3.45. The maximum atomic E-state index is 5.75. The van der Waals surface area contributed by atoms with E-state index in [0.29, 0.717) is 4.99 Å². The van der Waals surface area contributed by atoms with Crippen molar-refractivity contribution in [1.29, 1.82) is 0 Å². The van der Waals surface area contributed by atoms with Gasteiger partial charge in [-0.2, -0.15) is 0 Å². The minimum Gasteiger partial charge on any atom is -0.389 e. The first kappa shape index (κ1) is 12.3. The third-order valence-electron chi connectivity index (χ3n) is 2.74. The van der Waals surface area contributed by atoms with Crippen molar-refractivity contribution in [2.45, 2.75) is 13.8 Å². The summed E-state index contributed by atoms with van der Waals surface area (Å²) in [5.74, 6) is 0. The monoisotopic (exact) mass is 309 g/mol. The molecule has 0 saturated carbocycles. The molecule has 1 heterocycles. The molecule has 0 aliphatic rings. The van der Waals surface area contributed by atoms with Gasteiger partial charge in [-0.3, -0.25) is 0 Å². The van der Waals surface area contributed by atoms with Crippen LogP contribution in [-0.4, -0.2) is 14.5 Å². The van der Waals surface area contributed by atoms with Gasteiger partial charge in [-0.25, -0.2) is 4.98 Å². The number of halogens is 1. The van der Waals surface area contributed by atoms with Crippen LogP contribution in [0.5, 0.6) is 0 Å². The molecule has 0 unspecified atom stereocenters. The number of imidazole rings is 1. The normalized spacial score (nSPS) is 10.5. The van der Waals surface area contributed by atoms with Crippen LogP contribution in [0, 0.1) is 13.8 Å². The summed E-state index contributed by atoms with van der Waals surface area (Å²) in [6.07, 6.45) is 1.79. The molecule has 0 spiro atoms. The zero-order valence-corrected chi connectivity index (χ0v) is 12.0. The van der Waals surface area contributed by atoms with E-state index in [4.69, 9.17) is 18.0 Å². The van der Waals surface area contributed by atoms with Crippen molar-refractivity contribution in [2.75, 3.05) is 0 Å². The fourth-order valence-corrected chi connectivity index (χ4v) is 2.18. The Morgan fingerprint density at radius 3 is 2.65 bits per heavy atom. The molecule has 0 fully saturated rings. The minimum absolute atomic E-state index is 0.382. The number of rotatable bonds is 2. The van der Waals surface area contributed by atoms with E-state index in [1.807, 2.05) is 36.6 Å². The predicted molar refractivity (Wildman–Crippen MR) is 76.6 cm³/mol. The van der Waals surface area contributed by atoms with Gasteiger partial charge >= 0.3 is 0 Å². The molecule has 0 atom stereocenters. The Hall–Kier alpha value is -1.20. The second-order valence-corrected chi connectivity index (χ2v) is 5.17. The molecule has 2 aromatic rings. The highest BCUT2D eigenvalue weighted by Gasteiger charge is 2.11. The first-order valence-corrected chi connectivity index (χ1v) is 6.31. The van der Waals surface area contributed by atoms with Gasteiger partial charge < -0.3 is 10.3 Å². The Morgan fingerprint density at radius 2 is 2.12 bits per heavy atom. The Morgan fingerprint density at radius 1 is 1.41 bits per heavy atom. The lowest BCUT2D eigenvalue weighted by molar-refractivity contribution is 0.997. The van der Waals surface area contributed by atoms with Crippen LogP contribution in [0.1, 0.15) is 17.0 Å². The van der Waals surface area contributed by atoms with E-state index in [2.05, 4.69) is 20.9 Å². The number of aryl methyl sites for hydroxylation is 1. The second kappa shape index (κ2) is 4.58. The average molecular weight is 310 g/mol. The minimum atomic E-state index is 0.382. The number of thiocarbonyl (C=S) groups is 1. The zero-order valence-electron chi connectivity index (χ0n) is 9.57. The van der Waals surface area contributed by atoms with Gasteiger partial charge in [0, 0.05) is 15.7 Å². The van der Waals surface area contributed by atoms with Crippen LogP contribution < -0.4 is 5.73 Å². The Bertz CT molecular complexity index is 589. The quantitative estimate of drug-likeness (QED) is 0.868. The molecule has 17 heavy (non-hydrogen) atoms. The number of hydrogen-bond acceptors (Lipinski definition) is 2. The summed E-state index contributed by atoms with van der Waals surface area (Å²) < 4.78 is 2.95. The van der Waals surface area contributed by atoms with Crippen LogP contribution in [0.25, 0.3) is 5.69 Å². The van der Waals surface area contributed by atoms with Crippen molar-refractivity contribution in [3.8, 4) is 5.69 Å². The van der Waals surface area contributed by atoms with Gasteiger partial charge in [-0.15, -0.1) is 0 Å². The molecule has 0 amide bonds. The van der Waals surface area contributed by atoms with Gasteiger partial charge in [-0.1, -0.05) is 28.1 Å². The summed E-state index contributed by atoms with van der Waals surface area (Å²) in [6, 6.07) is 5.87. The molecule has 0 saturated heterocycles. The van der Waals surface area contributed by atoms with Gasteiger partial charge in [0.25, 0.3) is 0 Å². The molecular weight excluding hydrogens is 298 g/mol. The maximum absolute atomic E-state index is 5.75. The number of nitrogens with two attached hydrogens (primary N) is 1. The first-order valence-electron chi connectivity index (χ1n) is 5.11. The highest BCUT2D eigenvalue weighted by Crippen LogP contribution is 2.22. The van der Waals surface area contributed by atoms with Crippen molar-refractivity contribution >= 4 is 33.1 Å². The Kier molecular flexibility index (Phi) is 3.31. The predicted octanol–water partition coefficient (Wildman–Crippen LogP) is 2.89. The number of aromatic nitrogens is 2. The molecule has 0 aliphatic carbocycles. The van der Waals surface area contributed by atoms with E-state index in [9.17, 15) is 0 Å². The summed E-state index contributed by atoms with van der Waals surface area (Å²) in [7, 11) is 0. The number of benzene rings is 1. The van der Waals surface area contributed by atoms with E-state index in [1.54, 1.807) is 6.33 Å². The topological polar surface area (TPSA) is 43.8 Å². The lowest BCUT2D eigenvalue weighted by Crippen LogP contribution is -2.13. The van der Waals surface area contributed by atoms with E-state index >= 15 is 0 Å². The number of nitrogens with zero attached hydrogens (tertiary/aromatic N) is 2. The van der Waals surface area contributed by atoms with Crippen molar-refractivity contribution in [3.63, 3.8) is 0 Å². The highest BCUT2D eigenvalue weighted by molar-refractivity contribution is 9.10. The molecule has 2 rings (SSSR count). The average Bonchev–Trinajstić information content (AvgIpc) is 2.60. The molecule has 5 heteroatoms. The van der Waals surface area contributed by atoms with Crippen molar-refractivity contribution in [2.24, 2.45) is 5.73 Å². The van der Waals surface area contributed by atoms with Crippen LogP contribution in [0.15, 0.2) is 29.0 Å². The van der Waals surface area contributed by atoms with Crippen LogP contribution >= 0.6 is 28.1 Å². The second-order valence-electron chi connectivity index (χ2n) is 3.81. The molecule has 0 radical (unpaired) electrons. The molecule has 3 nitrogen and oxygen atoms in total. The fraction of sp³-hybridized carbons (Fsp3) is 0.167. The van der Waals surface area contributed by atoms with E-state index in [0.717, 1.165) is 27.1 Å². The summed E-state index contributed by atoms with van der Waals surface area (Å²) in [5, 5.41) is 0. The summed E-state index contributed by atoms with van der Waals surface area (Å²) in [4.78, 5) is 4.66. The lowest BCUT2D eigenvalue weighted by atomic mass is 10.1. The van der Waals surface area contributed by atoms with Gasteiger partial charge in [-0.05, 0) is 32.0 Å². The van der Waals surface area contributed by atoms with Gasteiger partial charge in [0.2, 0.25) is 0 Å². The van der Waals surface area contributed by atoms with Gasteiger partial charge in [0.05, 0.1) is 17.7 Å². The molecule has 0 aliphatic heterocycles. The zero-order chi connectivity index (χ0) is 12.6. The first-order chi connectivity index (χ1) is 8.00. The number of hydrogen-bond donors (Lipinski definition) is 1. The molecule has 0 bridgehead atoms. The van der Waals surface area contributed by atoms with Crippen molar-refractivity contribution < 1.29 is 0 Å². The summed E-state index contributed by atoms with van der Waals surface area (Å²) >= 11 is 8.50. The third kappa shape index (κ3) is 2.25. The smallest absolute Gasteiger partial charge is 0.106 e. The standard InChI is InChI=1S/C12H12BrN3S/c1-7-8(2)16(6-15-7)11-4-3-9(13)5-10(11)12(14)17/h3-6H,1-2H3,(H2,14,17). The van der Waals surface area contributed by atoms with Gasteiger partial charge in [0.15, 0.2) is 0 Å². The SMILES string of the molecule is Cc1ncn(-c2ccc(Br)cc2C(N)=S)c1C. The Labute approximate surface area is 114 Å². The van der Waals surface area contributed by atoms with E-state index in [-0.39, 0.29) is 0 Å². The van der Waals surface area contributed by atoms with Crippen LogP contribution in [-0.2, 0) is 0 Å². The molecule has 88 valence electrons. The molecule has 2 N–H and O–H groups in total. The fourth-order valence-electron chi connectivity index (χ4n) is 1.66. The van der Waals surface area contributed by atoms with E-state index < -0.39 is 0 Å². The van der Waals surface area contributed by atoms with E-state index in [1.165, 1.54) is 0 Å². The molecular formula is C12H12BrN3S. The molecule has 1 aromatic heterocycles. The van der Waals surface area contributed by atoms with Crippen LogP contribution in [0.3, 0.4) is 0 Å². The van der Waals surface area contributed by atoms with Gasteiger partial charge in [0.1, 0.15) is 4.99 Å².